The highest BCUT2D eigenvalue weighted by atomic mass is 16.6. The average molecular weight is 225 g/mol. The number of likely N-dealkylation sites (tertiary alicyclic amines) is 1. The molecular weight excluding hydrogens is 202 g/mol. The third-order valence-electron chi connectivity index (χ3n) is 2.46. The lowest BCUT2D eigenvalue weighted by atomic mass is 10.0. The summed E-state index contributed by atoms with van der Waals surface area (Å²) in [4.78, 5) is 13.6. The molecule has 1 fully saturated rings. The Morgan fingerprint density at radius 1 is 1.50 bits per heavy atom. The van der Waals surface area contributed by atoms with Gasteiger partial charge >= 0.3 is 6.09 Å². The topological polar surface area (TPSA) is 29.5 Å². The highest BCUT2D eigenvalue weighted by Crippen LogP contribution is 2.18. The number of amides is 1. The molecule has 3 nitrogen and oxygen atoms in total. The first-order valence-electron chi connectivity index (χ1n) is 6.08. The van der Waals surface area contributed by atoms with Crippen LogP contribution >= 0.6 is 0 Å². The van der Waals surface area contributed by atoms with Gasteiger partial charge in [0.1, 0.15) is 5.60 Å². The quantitative estimate of drug-likeness (QED) is 0.640. The monoisotopic (exact) mass is 225 g/mol. The summed E-state index contributed by atoms with van der Waals surface area (Å²) in [5.41, 5.74) is 0.961. The molecule has 0 bridgehead atoms. The van der Waals surface area contributed by atoms with Crippen LogP contribution in [0.2, 0.25) is 0 Å². The lowest BCUT2D eigenvalue weighted by molar-refractivity contribution is 0.0246. The first kappa shape index (κ1) is 13.1. The van der Waals surface area contributed by atoms with Crippen molar-refractivity contribution >= 4 is 6.09 Å². The molecule has 1 rings (SSSR count). The maximum absolute atomic E-state index is 11.8. The molecule has 0 unspecified atom stereocenters. The predicted octanol–water partition coefficient (Wildman–Crippen LogP) is 3.35. The Balaban J connectivity index is 2.54. The molecule has 0 radical (unpaired) electrons. The lowest BCUT2D eigenvalue weighted by Gasteiger charge is -2.31. The fourth-order valence-corrected chi connectivity index (χ4v) is 1.84. The highest BCUT2D eigenvalue weighted by molar-refractivity contribution is 5.68. The Labute approximate surface area is 98.5 Å². The second-order valence-corrected chi connectivity index (χ2v) is 5.28. The molecule has 0 N–H and O–H groups in total. The molecule has 1 aliphatic rings. The molecule has 1 heterocycles. The van der Waals surface area contributed by atoms with E-state index in [-0.39, 0.29) is 6.09 Å². The lowest BCUT2D eigenvalue weighted by Crippen LogP contribution is -2.40. The van der Waals surface area contributed by atoms with Gasteiger partial charge in [0.25, 0.3) is 0 Å². The predicted molar refractivity (Wildman–Crippen MR) is 65.4 cm³/mol. The van der Waals surface area contributed by atoms with Crippen molar-refractivity contribution in [2.75, 3.05) is 13.1 Å². The van der Waals surface area contributed by atoms with Gasteiger partial charge < -0.3 is 9.64 Å². The third-order valence-corrected chi connectivity index (χ3v) is 2.46. The molecule has 3 heteroatoms. The van der Waals surface area contributed by atoms with Crippen molar-refractivity contribution in [2.24, 2.45) is 0 Å². The zero-order valence-corrected chi connectivity index (χ0v) is 10.9. The normalized spacial score (nSPS) is 20.0. The molecule has 92 valence electrons. The van der Waals surface area contributed by atoms with E-state index in [0.717, 1.165) is 32.4 Å². The standard InChI is InChI=1S/C13H23NO2/c1-5-7-11-8-6-9-14(10-11)12(15)16-13(2,3)4/h7H,5-6,8-10H2,1-4H3/b11-7+. The molecule has 16 heavy (non-hydrogen) atoms. The summed E-state index contributed by atoms with van der Waals surface area (Å²) in [5, 5.41) is 0. The van der Waals surface area contributed by atoms with Gasteiger partial charge in [0.2, 0.25) is 0 Å². The number of piperidine rings is 1. The molecule has 1 saturated heterocycles. The number of nitrogens with zero attached hydrogens (tertiary/aromatic N) is 1. The van der Waals surface area contributed by atoms with Gasteiger partial charge in [0.15, 0.2) is 0 Å². The molecule has 0 saturated carbocycles. The van der Waals surface area contributed by atoms with E-state index >= 15 is 0 Å². The van der Waals surface area contributed by atoms with Crippen LogP contribution in [-0.4, -0.2) is 29.7 Å². The van der Waals surface area contributed by atoms with Gasteiger partial charge in [-0.05, 0) is 40.0 Å². The highest BCUT2D eigenvalue weighted by Gasteiger charge is 2.24. The number of hydrogen-bond acceptors (Lipinski definition) is 2. The summed E-state index contributed by atoms with van der Waals surface area (Å²) in [6.07, 6.45) is 5.24. The molecule has 0 aromatic carbocycles. The summed E-state index contributed by atoms with van der Waals surface area (Å²) in [6.45, 7) is 9.38. The van der Waals surface area contributed by atoms with E-state index in [0.29, 0.717) is 0 Å². The molecule has 0 aromatic rings. The van der Waals surface area contributed by atoms with Gasteiger partial charge in [-0.1, -0.05) is 18.6 Å². The third kappa shape index (κ3) is 4.25. The minimum Gasteiger partial charge on any atom is -0.444 e. The van der Waals surface area contributed by atoms with Gasteiger partial charge in [0, 0.05) is 13.1 Å². The Morgan fingerprint density at radius 3 is 2.75 bits per heavy atom. The SMILES string of the molecule is CC/C=C1\CCCN(C(=O)OC(C)(C)C)C1. The maximum atomic E-state index is 11.8. The van der Waals surface area contributed by atoms with Crippen LogP contribution < -0.4 is 0 Å². The van der Waals surface area contributed by atoms with Gasteiger partial charge in [-0.2, -0.15) is 0 Å². The van der Waals surface area contributed by atoms with Gasteiger partial charge in [-0.25, -0.2) is 4.79 Å². The Hall–Kier alpha value is -0.990. The van der Waals surface area contributed by atoms with Crippen molar-refractivity contribution in [3.8, 4) is 0 Å². The number of carbonyl (C=O) groups is 1. The van der Waals surface area contributed by atoms with Crippen LogP contribution in [0.5, 0.6) is 0 Å². The van der Waals surface area contributed by atoms with E-state index in [4.69, 9.17) is 4.74 Å². The first-order valence-corrected chi connectivity index (χ1v) is 6.08. The second-order valence-electron chi connectivity index (χ2n) is 5.28. The van der Waals surface area contributed by atoms with E-state index in [1.54, 1.807) is 4.90 Å². The van der Waals surface area contributed by atoms with Crippen LogP contribution in [0.1, 0.15) is 47.0 Å². The number of hydrogen-bond donors (Lipinski definition) is 0. The van der Waals surface area contributed by atoms with E-state index in [1.807, 2.05) is 20.8 Å². The number of ether oxygens (including phenoxy) is 1. The van der Waals surface area contributed by atoms with Crippen molar-refractivity contribution in [3.05, 3.63) is 11.6 Å². The molecule has 0 spiro atoms. The van der Waals surface area contributed by atoms with Crippen LogP contribution in [0.4, 0.5) is 4.79 Å². The smallest absolute Gasteiger partial charge is 0.410 e. The van der Waals surface area contributed by atoms with Crippen molar-refractivity contribution in [2.45, 2.75) is 52.6 Å². The van der Waals surface area contributed by atoms with Crippen molar-refractivity contribution < 1.29 is 9.53 Å². The second kappa shape index (κ2) is 5.37. The largest absolute Gasteiger partial charge is 0.444 e. The van der Waals surface area contributed by atoms with Crippen LogP contribution in [0.3, 0.4) is 0 Å². The van der Waals surface area contributed by atoms with Crippen LogP contribution in [0, 0.1) is 0 Å². The Morgan fingerprint density at radius 2 is 2.19 bits per heavy atom. The Bertz CT molecular complexity index is 276. The molecular formula is C13H23NO2. The first-order chi connectivity index (χ1) is 7.42. The minimum atomic E-state index is -0.400. The van der Waals surface area contributed by atoms with Crippen molar-refractivity contribution in [1.29, 1.82) is 0 Å². The van der Waals surface area contributed by atoms with Crippen LogP contribution in [0.15, 0.2) is 11.6 Å². The van der Waals surface area contributed by atoms with Gasteiger partial charge in [-0.15, -0.1) is 0 Å². The zero-order valence-electron chi connectivity index (χ0n) is 10.9. The van der Waals surface area contributed by atoms with Gasteiger partial charge in [0.05, 0.1) is 0 Å². The summed E-state index contributed by atoms with van der Waals surface area (Å²) in [6, 6.07) is 0. The molecule has 0 aromatic heterocycles. The number of rotatable bonds is 1. The van der Waals surface area contributed by atoms with E-state index in [1.165, 1.54) is 5.57 Å². The summed E-state index contributed by atoms with van der Waals surface area (Å²) in [7, 11) is 0. The Kier molecular flexibility index (Phi) is 4.39. The zero-order chi connectivity index (χ0) is 12.2. The summed E-state index contributed by atoms with van der Waals surface area (Å²) in [5.74, 6) is 0. The fraction of sp³-hybridized carbons (Fsp3) is 0.769. The molecule has 1 amide bonds. The molecule has 0 atom stereocenters. The van der Waals surface area contributed by atoms with E-state index in [9.17, 15) is 4.79 Å². The molecule has 1 aliphatic heterocycles. The van der Waals surface area contributed by atoms with Crippen LogP contribution in [-0.2, 0) is 4.74 Å². The number of allylic oxidation sites excluding steroid dienone is 1. The molecule has 0 aliphatic carbocycles. The summed E-state index contributed by atoms with van der Waals surface area (Å²) < 4.78 is 5.36. The van der Waals surface area contributed by atoms with Crippen molar-refractivity contribution in [3.63, 3.8) is 0 Å². The summed E-state index contributed by atoms with van der Waals surface area (Å²) >= 11 is 0. The van der Waals surface area contributed by atoms with Crippen LogP contribution in [0.25, 0.3) is 0 Å². The van der Waals surface area contributed by atoms with Crippen molar-refractivity contribution in [1.82, 2.24) is 4.90 Å². The van der Waals surface area contributed by atoms with Gasteiger partial charge in [-0.3, -0.25) is 0 Å². The van der Waals surface area contributed by atoms with E-state index < -0.39 is 5.60 Å². The number of carbonyl (C=O) groups excluding carboxylic acids is 1. The van der Waals surface area contributed by atoms with E-state index in [2.05, 4.69) is 13.0 Å². The fourth-order valence-electron chi connectivity index (χ4n) is 1.84. The average Bonchev–Trinajstić information content (AvgIpc) is 2.16. The maximum Gasteiger partial charge on any atom is 0.410 e. The minimum absolute atomic E-state index is 0.186.